The fourth-order valence-electron chi connectivity index (χ4n) is 6.34. The van der Waals surface area contributed by atoms with Crippen LogP contribution in [0.25, 0.3) is 59.8 Å². The van der Waals surface area contributed by atoms with Gasteiger partial charge < -0.3 is 9.47 Å². The summed E-state index contributed by atoms with van der Waals surface area (Å²) in [4.78, 5) is 2.31. The zero-order chi connectivity index (χ0) is 25.9. The van der Waals surface area contributed by atoms with Gasteiger partial charge in [0.05, 0.1) is 16.7 Å². The maximum atomic E-state index is 2.50. The summed E-state index contributed by atoms with van der Waals surface area (Å²) in [6.45, 7) is 0. The first-order chi connectivity index (χ1) is 19.3. The number of aromatic nitrogens is 1. The molecular formula is C37H26N2. The second-order valence-electron chi connectivity index (χ2n) is 10.2. The summed E-state index contributed by atoms with van der Waals surface area (Å²) >= 11 is 0. The highest BCUT2D eigenvalue weighted by atomic mass is 15.1. The lowest BCUT2D eigenvalue weighted by molar-refractivity contribution is 1.16. The van der Waals surface area contributed by atoms with Crippen LogP contribution >= 0.6 is 0 Å². The molecule has 7 aromatic carbocycles. The van der Waals surface area contributed by atoms with Crippen molar-refractivity contribution in [1.82, 2.24) is 4.57 Å². The zero-order valence-corrected chi connectivity index (χ0v) is 21.7. The third-order valence-electron chi connectivity index (χ3n) is 8.13. The summed E-state index contributed by atoms with van der Waals surface area (Å²) in [6, 6.07) is 50.5. The molecule has 0 spiro atoms. The van der Waals surface area contributed by atoms with E-state index in [0.717, 1.165) is 5.69 Å². The van der Waals surface area contributed by atoms with Gasteiger partial charge in [-0.3, -0.25) is 0 Å². The van der Waals surface area contributed by atoms with E-state index in [1.165, 1.54) is 65.5 Å². The van der Waals surface area contributed by atoms with E-state index < -0.39 is 0 Å². The van der Waals surface area contributed by atoms with Gasteiger partial charge in [0.15, 0.2) is 0 Å². The Morgan fingerprint density at radius 2 is 1.08 bits per heavy atom. The maximum absolute atomic E-state index is 2.50. The molecule has 8 aromatic rings. The normalized spacial score (nSPS) is 11.7. The summed E-state index contributed by atoms with van der Waals surface area (Å²) in [5, 5.41) is 10.2. The van der Waals surface area contributed by atoms with E-state index in [2.05, 4.69) is 156 Å². The van der Waals surface area contributed by atoms with Gasteiger partial charge in [-0.1, -0.05) is 109 Å². The van der Waals surface area contributed by atoms with Crippen LogP contribution in [0.3, 0.4) is 0 Å². The Hall–Kier alpha value is -5.08. The second-order valence-corrected chi connectivity index (χ2v) is 10.2. The summed E-state index contributed by atoms with van der Waals surface area (Å²) in [5.41, 5.74) is 5.98. The Morgan fingerprint density at radius 1 is 0.462 bits per heavy atom. The van der Waals surface area contributed by atoms with Crippen molar-refractivity contribution in [3.05, 3.63) is 140 Å². The highest BCUT2D eigenvalue weighted by molar-refractivity contribution is 6.33. The lowest BCUT2D eigenvalue weighted by Gasteiger charge is -2.22. The first-order valence-corrected chi connectivity index (χ1v) is 13.4. The molecule has 0 aliphatic carbocycles. The van der Waals surface area contributed by atoms with Crippen LogP contribution in [0.4, 0.5) is 11.4 Å². The third-order valence-corrected chi connectivity index (χ3v) is 8.13. The lowest BCUT2D eigenvalue weighted by Crippen LogP contribution is -2.11. The number of hydrogen-bond donors (Lipinski definition) is 0. The molecule has 0 bridgehead atoms. The van der Waals surface area contributed by atoms with Crippen LogP contribution in [0.1, 0.15) is 0 Å². The molecule has 0 unspecified atom stereocenters. The third kappa shape index (κ3) is 3.22. The van der Waals surface area contributed by atoms with Crippen molar-refractivity contribution >= 4 is 65.5 Å². The Morgan fingerprint density at radius 3 is 1.87 bits per heavy atom. The standard InChI is InChI=1S/C37H26N2/c1-38(27-14-3-2-4-15-27)34-21-11-20-33-35-31-18-9-7-16-29(31)30-17-8-10-19-32(30)37(35)39(36(33)34)28-23-22-25-12-5-6-13-26(25)24-28/h2-24H,1H3. The molecule has 0 fully saturated rings. The van der Waals surface area contributed by atoms with Crippen molar-refractivity contribution < 1.29 is 0 Å². The van der Waals surface area contributed by atoms with E-state index in [9.17, 15) is 0 Å². The molecule has 39 heavy (non-hydrogen) atoms. The van der Waals surface area contributed by atoms with E-state index >= 15 is 0 Å². The van der Waals surface area contributed by atoms with E-state index in [4.69, 9.17) is 0 Å². The Bertz CT molecular complexity index is 2190. The minimum absolute atomic E-state index is 1.16. The van der Waals surface area contributed by atoms with E-state index in [1.54, 1.807) is 0 Å². The van der Waals surface area contributed by atoms with Crippen LogP contribution in [0.15, 0.2) is 140 Å². The first kappa shape index (κ1) is 22.0. The summed E-state index contributed by atoms with van der Waals surface area (Å²) in [5.74, 6) is 0. The van der Waals surface area contributed by atoms with E-state index in [-0.39, 0.29) is 0 Å². The molecule has 0 N–H and O–H groups in total. The second kappa shape index (κ2) is 8.47. The van der Waals surface area contributed by atoms with Gasteiger partial charge in [0, 0.05) is 34.6 Å². The molecule has 2 heteroatoms. The Balaban J connectivity index is 1.62. The summed E-state index contributed by atoms with van der Waals surface area (Å²) in [7, 11) is 2.17. The summed E-state index contributed by atoms with van der Waals surface area (Å²) < 4.78 is 2.50. The molecule has 0 saturated carbocycles. The average molecular weight is 499 g/mol. The van der Waals surface area contributed by atoms with Crippen LogP contribution in [0, 0.1) is 0 Å². The molecule has 0 radical (unpaired) electrons. The van der Waals surface area contributed by atoms with Crippen LogP contribution < -0.4 is 4.90 Å². The average Bonchev–Trinajstić information content (AvgIpc) is 3.37. The van der Waals surface area contributed by atoms with Gasteiger partial charge in [-0.15, -0.1) is 0 Å². The topological polar surface area (TPSA) is 8.17 Å². The van der Waals surface area contributed by atoms with Crippen LogP contribution in [0.5, 0.6) is 0 Å². The lowest BCUT2D eigenvalue weighted by atomic mass is 9.96. The molecular weight excluding hydrogens is 472 g/mol. The smallest absolute Gasteiger partial charge is 0.0779 e. The van der Waals surface area contributed by atoms with Gasteiger partial charge in [-0.05, 0) is 57.3 Å². The Labute approximate surface area is 226 Å². The number of hydrogen-bond acceptors (Lipinski definition) is 1. The SMILES string of the molecule is CN(c1ccccc1)c1cccc2c3c4ccccc4c4ccccc4c3n(-c3ccc4ccccc4c3)c12. The molecule has 1 aromatic heterocycles. The largest absolute Gasteiger partial charge is 0.343 e. The maximum Gasteiger partial charge on any atom is 0.0779 e. The van der Waals surface area contributed by atoms with Crippen molar-refractivity contribution in [3.8, 4) is 5.69 Å². The highest BCUT2D eigenvalue weighted by Crippen LogP contribution is 2.45. The number of benzene rings is 7. The number of anilines is 2. The van der Waals surface area contributed by atoms with Crippen molar-refractivity contribution in [2.45, 2.75) is 0 Å². The van der Waals surface area contributed by atoms with Crippen molar-refractivity contribution in [2.24, 2.45) is 0 Å². The predicted octanol–water partition coefficient (Wildman–Crippen LogP) is 10.0. The highest BCUT2D eigenvalue weighted by Gasteiger charge is 2.22. The molecule has 0 amide bonds. The Kier molecular flexibility index (Phi) is 4.77. The fourth-order valence-corrected chi connectivity index (χ4v) is 6.34. The minimum Gasteiger partial charge on any atom is -0.343 e. The first-order valence-electron chi connectivity index (χ1n) is 13.4. The molecule has 0 aliphatic heterocycles. The monoisotopic (exact) mass is 498 g/mol. The van der Waals surface area contributed by atoms with Gasteiger partial charge in [0.2, 0.25) is 0 Å². The molecule has 1 heterocycles. The van der Waals surface area contributed by atoms with E-state index in [1.807, 2.05) is 0 Å². The van der Waals surface area contributed by atoms with E-state index in [0.29, 0.717) is 0 Å². The van der Waals surface area contributed by atoms with Gasteiger partial charge >= 0.3 is 0 Å². The van der Waals surface area contributed by atoms with Crippen molar-refractivity contribution in [3.63, 3.8) is 0 Å². The van der Waals surface area contributed by atoms with Crippen molar-refractivity contribution in [2.75, 3.05) is 11.9 Å². The van der Waals surface area contributed by atoms with Crippen LogP contribution in [0.2, 0.25) is 0 Å². The molecule has 184 valence electrons. The van der Waals surface area contributed by atoms with Gasteiger partial charge in [0.25, 0.3) is 0 Å². The molecule has 0 atom stereocenters. The molecule has 0 saturated heterocycles. The molecule has 8 rings (SSSR count). The van der Waals surface area contributed by atoms with Gasteiger partial charge in [-0.2, -0.15) is 0 Å². The number of fused-ring (bicyclic) bond motifs is 9. The van der Waals surface area contributed by atoms with Gasteiger partial charge in [0.1, 0.15) is 0 Å². The fraction of sp³-hybridized carbons (Fsp3) is 0.0270. The van der Waals surface area contributed by atoms with Crippen LogP contribution in [-0.2, 0) is 0 Å². The number of nitrogens with zero attached hydrogens (tertiary/aromatic N) is 2. The molecule has 2 nitrogen and oxygen atoms in total. The number of rotatable bonds is 3. The molecule has 0 aliphatic rings. The quantitative estimate of drug-likeness (QED) is 0.220. The number of para-hydroxylation sites is 2. The minimum atomic E-state index is 1.16. The van der Waals surface area contributed by atoms with Crippen molar-refractivity contribution in [1.29, 1.82) is 0 Å². The van der Waals surface area contributed by atoms with Crippen LogP contribution in [-0.4, -0.2) is 11.6 Å². The summed E-state index contributed by atoms with van der Waals surface area (Å²) in [6.07, 6.45) is 0. The zero-order valence-electron chi connectivity index (χ0n) is 21.7. The van der Waals surface area contributed by atoms with Gasteiger partial charge in [-0.25, -0.2) is 0 Å². The predicted molar refractivity (Wildman–Crippen MR) is 168 cm³/mol.